The van der Waals surface area contributed by atoms with Gasteiger partial charge in [0.1, 0.15) is 10.6 Å². The van der Waals surface area contributed by atoms with Crippen molar-refractivity contribution < 1.29 is 17.9 Å². The van der Waals surface area contributed by atoms with Crippen LogP contribution < -0.4 is 10.5 Å². The molecule has 1 aliphatic rings. The van der Waals surface area contributed by atoms with Crippen LogP contribution in [0.5, 0.6) is 0 Å². The lowest BCUT2D eigenvalue weighted by Gasteiger charge is -2.07. The maximum atomic E-state index is 12.0. The highest BCUT2D eigenvalue weighted by Gasteiger charge is 2.29. The standard InChI is InChI=1S/C11H17N3O4S/c1-18-5-4-13-11(15)10-6-9(19(12,16)17)7-14(10)8-2-3-8/h6-8H,2-5H2,1H3,(H,13,15)(H2,12,16,17). The Morgan fingerprint density at radius 2 is 2.26 bits per heavy atom. The second-order valence-electron chi connectivity index (χ2n) is 4.49. The van der Waals surface area contributed by atoms with E-state index in [0.717, 1.165) is 12.8 Å². The lowest BCUT2D eigenvalue weighted by Crippen LogP contribution is -2.28. The fraction of sp³-hybridized carbons (Fsp3) is 0.545. The van der Waals surface area contributed by atoms with Crippen molar-refractivity contribution in [2.75, 3.05) is 20.3 Å². The first-order chi connectivity index (χ1) is 8.93. The number of nitrogens with one attached hydrogen (secondary N) is 1. The Labute approximate surface area is 111 Å². The van der Waals surface area contributed by atoms with Crippen LogP contribution in [0.15, 0.2) is 17.2 Å². The van der Waals surface area contributed by atoms with Gasteiger partial charge in [-0.25, -0.2) is 13.6 Å². The first kappa shape index (κ1) is 14.0. The molecular formula is C11H17N3O4S. The Morgan fingerprint density at radius 3 is 2.79 bits per heavy atom. The molecule has 0 atom stereocenters. The highest BCUT2D eigenvalue weighted by Crippen LogP contribution is 2.37. The molecule has 3 N–H and O–H groups in total. The molecular weight excluding hydrogens is 270 g/mol. The fourth-order valence-electron chi connectivity index (χ4n) is 1.80. The summed E-state index contributed by atoms with van der Waals surface area (Å²) in [6.07, 6.45) is 3.31. The maximum Gasteiger partial charge on any atom is 0.268 e. The molecule has 0 unspecified atom stereocenters. The molecule has 0 radical (unpaired) electrons. The molecule has 0 aromatic carbocycles. The van der Waals surface area contributed by atoms with E-state index in [2.05, 4.69) is 5.32 Å². The molecule has 0 saturated heterocycles. The van der Waals surface area contributed by atoms with E-state index in [0.29, 0.717) is 18.8 Å². The molecule has 1 amide bonds. The summed E-state index contributed by atoms with van der Waals surface area (Å²) in [5.74, 6) is -0.321. The number of carbonyl (C=O) groups is 1. The van der Waals surface area contributed by atoms with Gasteiger partial charge < -0.3 is 14.6 Å². The van der Waals surface area contributed by atoms with E-state index >= 15 is 0 Å². The van der Waals surface area contributed by atoms with Gasteiger partial charge in [-0.1, -0.05) is 0 Å². The number of nitrogens with two attached hydrogens (primary N) is 1. The van der Waals surface area contributed by atoms with Crippen LogP contribution >= 0.6 is 0 Å². The van der Waals surface area contributed by atoms with Crippen molar-refractivity contribution >= 4 is 15.9 Å². The maximum absolute atomic E-state index is 12.0. The Balaban J connectivity index is 2.23. The van der Waals surface area contributed by atoms with E-state index in [1.165, 1.54) is 19.4 Å². The number of nitrogens with zero attached hydrogens (tertiary/aromatic N) is 1. The van der Waals surface area contributed by atoms with Crippen LogP contribution in [0.1, 0.15) is 29.4 Å². The van der Waals surface area contributed by atoms with Crippen molar-refractivity contribution in [2.45, 2.75) is 23.8 Å². The average molecular weight is 287 g/mol. The van der Waals surface area contributed by atoms with Crippen LogP contribution in [-0.2, 0) is 14.8 Å². The van der Waals surface area contributed by atoms with Crippen molar-refractivity contribution in [3.8, 4) is 0 Å². The van der Waals surface area contributed by atoms with E-state index in [1.54, 1.807) is 4.57 Å². The fourth-order valence-corrected chi connectivity index (χ4v) is 2.34. The number of rotatable bonds is 6. The molecule has 0 bridgehead atoms. The number of amides is 1. The van der Waals surface area contributed by atoms with E-state index in [-0.39, 0.29) is 16.8 Å². The number of methoxy groups -OCH3 is 1. The average Bonchev–Trinajstić information content (AvgIpc) is 3.06. The third-order valence-electron chi connectivity index (χ3n) is 2.92. The second-order valence-corrected chi connectivity index (χ2v) is 6.05. The van der Waals surface area contributed by atoms with Crippen LogP contribution in [0.4, 0.5) is 0 Å². The molecule has 7 nitrogen and oxygen atoms in total. The number of sulfonamides is 1. The van der Waals surface area contributed by atoms with Gasteiger partial charge in [-0.2, -0.15) is 0 Å². The largest absolute Gasteiger partial charge is 0.383 e. The van der Waals surface area contributed by atoms with E-state index in [9.17, 15) is 13.2 Å². The molecule has 1 aromatic rings. The summed E-state index contributed by atoms with van der Waals surface area (Å²) in [6.45, 7) is 0.772. The summed E-state index contributed by atoms with van der Waals surface area (Å²) in [6, 6.07) is 1.51. The van der Waals surface area contributed by atoms with Crippen molar-refractivity contribution in [1.82, 2.24) is 9.88 Å². The highest BCUT2D eigenvalue weighted by atomic mass is 32.2. The molecule has 1 aliphatic carbocycles. The molecule has 2 rings (SSSR count). The first-order valence-electron chi connectivity index (χ1n) is 5.95. The Kier molecular flexibility index (Phi) is 3.93. The molecule has 1 heterocycles. The van der Waals surface area contributed by atoms with Gasteiger partial charge in [0.15, 0.2) is 0 Å². The summed E-state index contributed by atoms with van der Waals surface area (Å²) in [7, 11) is -2.25. The van der Waals surface area contributed by atoms with Crippen molar-refractivity contribution in [2.24, 2.45) is 5.14 Å². The summed E-state index contributed by atoms with van der Waals surface area (Å²) >= 11 is 0. The Bertz CT molecular complexity index is 575. The smallest absolute Gasteiger partial charge is 0.268 e. The predicted octanol–water partition coefficient (Wildman–Crippen LogP) is -0.153. The summed E-state index contributed by atoms with van der Waals surface area (Å²) in [5.41, 5.74) is 0.322. The minimum absolute atomic E-state index is 0.0312. The molecule has 8 heteroatoms. The third kappa shape index (κ3) is 3.34. The highest BCUT2D eigenvalue weighted by molar-refractivity contribution is 7.89. The van der Waals surface area contributed by atoms with Crippen molar-refractivity contribution in [1.29, 1.82) is 0 Å². The van der Waals surface area contributed by atoms with Gasteiger partial charge in [-0.3, -0.25) is 4.79 Å². The number of aromatic nitrogens is 1. The Hall–Kier alpha value is -1.38. The Morgan fingerprint density at radius 1 is 1.58 bits per heavy atom. The van der Waals surface area contributed by atoms with Crippen LogP contribution in [0.3, 0.4) is 0 Å². The van der Waals surface area contributed by atoms with Gasteiger partial charge >= 0.3 is 0 Å². The van der Waals surface area contributed by atoms with Gasteiger partial charge in [0.25, 0.3) is 5.91 Å². The zero-order valence-electron chi connectivity index (χ0n) is 10.6. The normalized spacial score (nSPS) is 15.5. The SMILES string of the molecule is COCCNC(=O)c1cc(S(N)(=O)=O)cn1C1CC1. The van der Waals surface area contributed by atoms with E-state index in [1.807, 2.05) is 0 Å². The predicted molar refractivity (Wildman–Crippen MR) is 68.3 cm³/mol. The van der Waals surface area contributed by atoms with Gasteiger partial charge in [-0.15, -0.1) is 0 Å². The summed E-state index contributed by atoms with van der Waals surface area (Å²) in [5, 5.41) is 7.76. The number of primary sulfonamides is 1. The molecule has 19 heavy (non-hydrogen) atoms. The number of hydrogen-bond acceptors (Lipinski definition) is 4. The zero-order valence-corrected chi connectivity index (χ0v) is 11.4. The third-order valence-corrected chi connectivity index (χ3v) is 3.80. The molecule has 1 saturated carbocycles. The van der Waals surface area contributed by atoms with Gasteiger partial charge in [0.05, 0.1) is 6.61 Å². The first-order valence-corrected chi connectivity index (χ1v) is 7.50. The molecule has 1 aromatic heterocycles. The van der Waals surface area contributed by atoms with Gasteiger partial charge in [0, 0.05) is 25.9 Å². The van der Waals surface area contributed by atoms with E-state index < -0.39 is 10.0 Å². The molecule has 0 spiro atoms. The summed E-state index contributed by atoms with van der Waals surface area (Å²) < 4.78 is 29.2. The monoisotopic (exact) mass is 287 g/mol. The van der Waals surface area contributed by atoms with Crippen LogP contribution in [0.25, 0.3) is 0 Å². The van der Waals surface area contributed by atoms with Gasteiger partial charge in [-0.05, 0) is 18.9 Å². The van der Waals surface area contributed by atoms with Crippen LogP contribution in [0, 0.1) is 0 Å². The van der Waals surface area contributed by atoms with E-state index in [4.69, 9.17) is 9.88 Å². The second kappa shape index (κ2) is 5.32. The summed E-state index contributed by atoms with van der Waals surface area (Å²) in [4.78, 5) is 12.0. The minimum Gasteiger partial charge on any atom is -0.383 e. The number of carbonyl (C=O) groups excluding carboxylic acids is 1. The topological polar surface area (TPSA) is 103 Å². The quantitative estimate of drug-likeness (QED) is 0.710. The molecule has 1 fully saturated rings. The number of ether oxygens (including phenoxy) is 1. The van der Waals surface area contributed by atoms with Crippen molar-refractivity contribution in [3.63, 3.8) is 0 Å². The van der Waals surface area contributed by atoms with Gasteiger partial charge in [0.2, 0.25) is 10.0 Å². The lowest BCUT2D eigenvalue weighted by molar-refractivity contribution is 0.0927. The zero-order chi connectivity index (χ0) is 14.0. The lowest BCUT2D eigenvalue weighted by atomic mass is 10.4. The minimum atomic E-state index is -3.79. The van der Waals surface area contributed by atoms with Crippen LogP contribution in [-0.4, -0.2) is 39.2 Å². The number of hydrogen-bond donors (Lipinski definition) is 2. The van der Waals surface area contributed by atoms with Crippen LogP contribution in [0.2, 0.25) is 0 Å². The molecule has 106 valence electrons. The molecule has 0 aliphatic heterocycles. The van der Waals surface area contributed by atoms with Crippen molar-refractivity contribution in [3.05, 3.63) is 18.0 Å².